The third-order valence-electron chi connectivity index (χ3n) is 16.9. The van der Waals surface area contributed by atoms with E-state index in [0.717, 1.165) is 125 Å². The Morgan fingerprint density at radius 1 is 0.895 bits per heavy atom. The molecule has 0 aromatic carbocycles. The number of ether oxygens (including phenoxy) is 1. The monoisotopic (exact) mass is 796 g/mol. The first-order valence-electron chi connectivity index (χ1n) is 24.5. The Bertz CT molecular complexity index is 1280. The van der Waals surface area contributed by atoms with Crippen LogP contribution in [0.3, 0.4) is 0 Å². The summed E-state index contributed by atoms with van der Waals surface area (Å²) in [4.78, 5) is 28.8. The van der Waals surface area contributed by atoms with E-state index >= 15 is 0 Å². The number of nitrogens with zero attached hydrogens (tertiary/aromatic N) is 1. The van der Waals surface area contributed by atoms with E-state index in [-0.39, 0.29) is 28.9 Å². The Balaban J connectivity index is 1.24. The number of esters is 1. The minimum atomic E-state index is -0.147. The van der Waals surface area contributed by atoms with Crippen molar-refractivity contribution in [3.8, 4) is 0 Å². The highest BCUT2D eigenvalue weighted by molar-refractivity contribution is 5.77. The van der Waals surface area contributed by atoms with Crippen molar-refractivity contribution in [2.45, 2.75) is 216 Å². The number of unbranched alkanes of at least 4 members (excludes halogenated alkanes) is 1. The van der Waals surface area contributed by atoms with Gasteiger partial charge in [0.05, 0.1) is 0 Å². The second-order valence-corrected chi connectivity index (χ2v) is 22.4. The summed E-state index contributed by atoms with van der Waals surface area (Å²) in [6.07, 6.45) is 24.2. The molecule has 330 valence electrons. The normalized spacial score (nSPS) is 29.9. The van der Waals surface area contributed by atoms with Gasteiger partial charge in [-0.2, -0.15) is 0 Å². The average molecular weight is 796 g/mol. The van der Waals surface area contributed by atoms with Crippen LogP contribution in [0.4, 0.5) is 0 Å². The lowest BCUT2D eigenvalue weighted by Crippen LogP contribution is -2.51. The number of carbonyl (C=O) groups is 2. The molecule has 0 spiro atoms. The molecule has 0 bridgehead atoms. The van der Waals surface area contributed by atoms with Crippen molar-refractivity contribution in [1.29, 1.82) is 0 Å². The van der Waals surface area contributed by atoms with E-state index in [9.17, 15) is 9.59 Å². The highest BCUT2D eigenvalue weighted by atomic mass is 16.5. The van der Waals surface area contributed by atoms with Gasteiger partial charge in [0.15, 0.2) is 0 Å². The summed E-state index contributed by atoms with van der Waals surface area (Å²) in [6, 6.07) is 0. The van der Waals surface area contributed by atoms with Crippen molar-refractivity contribution in [3.63, 3.8) is 0 Å². The molecule has 0 aromatic rings. The summed E-state index contributed by atoms with van der Waals surface area (Å²) in [7, 11) is 0. The van der Waals surface area contributed by atoms with Crippen LogP contribution in [0.2, 0.25) is 0 Å². The van der Waals surface area contributed by atoms with Gasteiger partial charge >= 0.3 is 5.97 Å². The van der Waals surface area contributed by atoms with Crippen LogP contribution in [0, 0.1) is 57.7 Å². The molecule has 0 aliphatic heterocycles. The Hall–Kier alpha value is -1.40. The molecular weight excluding hydrogens is 703 g/mol. The van der Waals surface area contributed by atoms with Crippen molar-refractivity contribution < 1.29 is 14.3 Å². The largest absolute Gasteiger partial charge is 0.462 e. The van der Waals surface area contributed by atoms with Crippen LogP contribution in [-0.4, -0.2) is 54.6 Å². The number of nitrogens with two attached hydrogens (primary N) is 1. The number of hydrogen-bond acceptors (Lipinski definition) is 5. The molecule has 0 unspecified atom stereocenters. The first-order valence-corrected chi connectivity index (χ1v) is 24.5. The van der Waals surface area contributed by atoms with Crippen molar-refractivity contribution in [3.05, 3.63) is 11.6 Å². The van der Waals surface area contributed by atoms with Crippen LogP contribution in [0.1, 0.15) is 205 Å². The highest BCUT2D eigenvalue weighted by Gasteiger charge is 2.59. The Morgan fingerprint density at radius 2 is 1.63 bits per heavy atom. The summed E-state index contributed by atoms with van der Waals surface area (Å²) in [5.74, 6) is 5.90. The van der Waals surface area contributed by atoms with Gasteiger partial charge in [-0.25, -0.2) is 0 Å². The lowest BCUT2D eigenvalue weighted by molar-refractivity contribution is -0.151. The molecule has 3 fully saturated rings. The second-order valence-electron chi connectivity index (χ2n) is 22.4. The average Bonchev–Trinajstić information content (AvgIpc) is 3.50. The van der Waals surface area contributed by atoms with Gasteiger partial charge in [-0.3, -0.25) is 9.59 Å². The quantitative estimate of drug-likeness (QED) is 0.0577. The molecule has 0 saturated heterocycles. The molecule has 3 saturated carbocycles. The van der Waals surface area contributed by atoms with Gasteiger partial charge < -0.3 is 20.7 Å². The number of amides is 1. The van der Waals surface area contributed by atoms with Crippen LogP contribution in [0.25, 0.3) is 0 Å². The Labute approximate surface area is 352 Å². The molecule has 0 radical (unpaired) electrons. The van der Waals surface area contributed by atoms with Gasteiger partial charge in [0.2, 0.25) is 5.91 Å². The minimum absolute atomic E-state index is 0.0182. The van der Waals surface area contributed by atoms with Gasteiger partial charge in [0.25, 0.3) is 0 Å². The van der Waals surface area contributed by atoms with Crippen molar-refractivity contribution in [2.75, 3.05) is 26.2 Å². The number of fused-ring (bicyclic) bond motifs is 5. The molecule has 1 amide bonds. The molecule has 6 heteroatoms. The Morgan fingerprint density at radius 3 is 2.32 bits per heavy atom. The maximum Gasteiger partial charge on any atom is 0.306 e. The summed E-state index contributed by atoms with van der Waals surface area (Å²) in [6.45, 7) is 29.6. The van der Waals surface area contributed by atoms with E-state index in [2.05, 4.69) is 92.5 Å². The fraction of sp³-hybridized carbons (Fsp3) is 0.922. The van der Waals surface area contributed by atoms with Gasteiger partial charge in [0.1, 0.15) is 6.10 Å². The van der Waals surface area contributed by atoms with Crippen molar-refractivity contribution in [1.82, 2.24) is 10.2 Å². The summed E-state index contributed by atoms with van der Waals surface area (Å²) in [5, 5.41) is 3.51. The topological polar surface area (TPSA) is 84.7 Å². The fourth-order valence-corrected chi connectivity index (χ4v) is 12.6. The van der Waals surface area contributed by atoms with Crippen LogP contribution in [0.15, 0.2) is 11.6 Å². The van der Waals surface area contributed by atoms with Crippen LogP contribution in [0.5, 0.6) is 0 Å². The molecular formula is C51H93N3O3. The molecule has 6 nitrogen and oxygen atoms in total. The molecule has 0 aromatic heterocycles. The van der Waals surface area contributed by atoms with Crippen LogP contribution >= 0.6 is 0 Å². The van der Waals surface area contributed by atoms with Crippen molar-refractivity contribution >= 4 is 11.9 Å². The number of nitrogens with one attached hydrogen (secondary N) is 1. The zero-order valence-electron chi connectivity index (χ0n) is 39.4. The lowest BCUT2D eigenvalue weighted by atomic mass is 9.47. The molecule has 4 aliphatic carbocycles. The molecule has 9 atom stereocenters. The van der Waals surface area contributed by atoms with E-state index in [0.29, 0.717) is 30.1 Å². The second kappa shape index (κ2) is 21.4. The summed E-state index contributed by atoms with van der Waals surface area (Å²) < 4.78 is 6.18. The number of allylic oxidation sites excluding steroid dienone is 1. The summed E-state index contributed by atoms with van der Waals surface area (Å²) >= 11 is 0. The first-order chi connectivity index (χ1) is 26.8. The third kappa shape index (κ3) is 13.3. The standard InChI is InChI=1S/C51H93N3O3/c1-12-39(37(3)4)21-20-38(5)43-24-25-44-42-23-22-40-36-41(26-29-50(40,10)45(42)27-30-51(43,44)11)57-47(56)19-16-18-46(55)54(35-17-28-48(6,7)13-2)34-15-14-32-53-33-31-49(8,9)52/h22,37-39,41-45,53H,12-21,23-36,52H2,1-11H3/t38-,39-,41+,42+,43-,44+,45+,50+,51-/m1/s1. The molecule has 4 rings (SSSR count). The molecule has 0 heterocycles. The predicted octanol–water partition coefficient (Wildman–Crippen LogP) is 12.3. The van der Waals surface area contributed by atoms with Gasteiger partial charge in [-0.1, -0.05) is 93.2 Å². The zero-order valence-corrected chi connectivity index (χ0v) is 39.4. The number of hydrogen-bond donors (Lipinski definition) is 2. The van der Waals surface area contributed by atoms with Crippen LogP contribution < -0.4 is 11.1 Å². The smallest absolute Gasteiger partial charge is 0.306 e. The Kier molecular flexibility index (Phi) is 18.1. The SMILES string of the molecule is CC[C@H](CC[C@@H](C)[C@H]1CC[C@H]2[C@@H]3CC=C4C[C@@H](OC(=O)CCCC(=O)N(CCCCNCCC(C)(C)N)CCCC(C)(C)CC)CC[C@]4(C)[C@H]3CC[C@]12C)C(C)C. The van der Waals surface area contributed by atoms with Gasteiger partial charge in [-0.05, 0) is 174 Å². The number of rotatable bonds is 24. The summed E-state index contributed by atoms with van der Waals surface area (Å²) in [5.41, 5.74) is 8.60. The van der Waals surface area contributed by atoms with Crippen LogP contribution in [-0.2, 0) is 14.3 Å². The first kappa shape index (κ1) is 48.3. The zero-order chi connectivity index (χ0) is 42.0. The lowest BCUT2D eigenvalue weighted by Gasteiger charge is -2.58. The van der Waals surface area contributed by atoms with E-state index in [1.807, 2.05) is 0 Å². The van der Waals surface area contributed by atoms with Gasteiger partial charge in [0, 0.05) is 37.9 Å². The van der Waals surface area contributed by atoms with E-state index in [4.69, 9.17) is 10.5 Å². The van der Waals surface area contributed by atoms with E-state index < -0.39 is 0 Å². The van der Waals surface area contributed by atoms with E-state index in [1.165, 1.54) is 51.4 Å². The molecule has 3 N–H and O–H groups in total. The van der Waals surface area contributed by atoms with E-state index in [1.54, 1.807) is 5.57 Å². The molecule has 4 aliphatic rings. The third-order valence-corrected chi connectivity index (χ3v) is 16.9. The van der Waals surface area contributed by atoms with Gasteiger partial charge in [-0.15, -0.1) is 0 Å². The minimum Gasteiger partial charge on any atom is -0.462 e. The highest BCUT2D eigenvalue weighted by Crippen LogP contribution is 2.67. The molecule has 57 heavy (non-hydrogen) atoms. The fourth-order valence-electron chi connectivity index (χ4n) is 12.6. The maximum atomic E-state index is 13.5. The maximum absolute atomic E-state index is 13.5. The van der Waals surface area contributed by atoms with Crippen molar-refractivity contribution in [2.24, 2.45) is 63.4 Å². The predicted molar refractivity (Wildman–Crippen MR) is 241 cm³/mol. The number of carbonyl (C=O) groups excluding carboxylic acids is 2.